The van der Waals surface area contributed by atoms with Gasteiger partial charge in [-0.3, -0.25) is 4.79 Å². The second-order valence-corrected chi connectivity index (χ2v) is 4.81. The first kappa shape index (κ1) is 16.7. The lowest BCUT2D eigenvalue weighted by Crippen LogP contribution is -2.44. The van der Waals surface area contributed by atoms with Crippen LogP contribution in [0.15, 0.2) is 0 Å². The van der Waals surface area contributed by atoms with E-state index in [-0.39, 0.29) is 18.5 Å². The van der Waals surface area contributed by atoms with Gasteiger partial charge in [0.2, 0.25) is 0 Å². The number of unbranched alkanes of at least 4 members (excludes halogenated alkanes) is 1. The van der Waals surface area contributed by atoms with Crippen molar-refractivity contribution in [3.05, 3.63) is 0 Å². The number of carbonyl (C=O) groups is 2. The molecule has 0 fully saturated rings. The summed E-state index contributed by atoms with van der Waals surface area (Å²) in [5.41, 5.74) is 0. The Kier molecular flexibility index (Phi) is 8.16. The number of urea groups is 1. The van der Waals surface area contributed by atoms with Crippen LogP contribution in [-0.4, -0.2) is 41.6 Å². The Morgan fingerprint density at radius 2 is 1.89 bits per heavy atom. The first-order chi connectivity index (χ1) is 8.43. The van der Waals surface area contributed by atoms with Crippen molar-refractivity contribution in [1.29, 1.82) is 0 Å². The van der Waals surface area contributed by atoms with Gasteiger partial charge in [-0.15, -0.1) is 0 Å². The molecule has 18 heavy (non-hydrogen) atoms. The van der Waals surface area contributed by atoms with E-state index in [0.717, 1.165) is 19.4 Å². The smallest absolute Gasteiger partial charge is 0.317 e. The molecule has 2 amide bonds. The maximum Gasteiger partial charge on any atom is 0.317 e. The molecule has 0 radical (unpaired) electrons. The van der Waals surface area contributed by atoms with Crippen LogP contribution in [0.25, 0.3) is 0 Å². The number of aliphatic carboxylic acids is 1. The molecule has 0 aliphatic rings. The summed E-state index contributed by atoms with van der Waals surface area (Å²) < 4.78 is 0. The Hall–Kier alpha value is -1.26. The lowest BCUT2D eigenvalue weighted by atomic mass is 9.96. The SMILES string of the molecule is CCCCN(CC)C(=O)NCC(C(=O)O)C(C)C. The van der Waals surface area contributed by atoms with Gasteiger partial charge < -0.3 is 15.3 Å². The van der Waals surface area contributed by atoms with Gasteiger partial charge in [-0.25, -0.2) is 4.79 Å². The predicted octanol–water partition coefficient (Wildman–Crippen LogP) is 2.17. The molecule has 106 valence electrons. The van der Waals surface area contributed by atoms with E-state index in [0.29, 0.717) is 6.54 Å². The van der Waals surface area contributed by atoms with Crippen molar-refractivity contribution in [2.75, 3.05) is 19.6 Å². The molecule has 0 aromatic carbocycles. The molecule has 0 saturated carbocycles. The molecular formula is C13H26N2O3. The summed E-state index contributed by atoms with van der Waals surface area (Å²) >= 11 is 0. The highest BCUT2D eigenvalue weighted by molar-refractivity contribution is 5.76. The molecule has 0 rings (SSSR count). The van der Waals surface area contributed by atoms with E-state index >= 15 is 0 Å². The monoisotopic (exact) mass is 258 g/mol. The van der Waals surface area contributed by atoms with Gasteiger partial charge >= 0.3 is 12.0 Å². The highest BCUT2D eigenvalue weighted by Crippen LogP contribution is 2.09. The van der Waals surface area contributed by atoms with Crippen LogP contribution in [0.2, 0.25) is 0 Å². The van der Waals surface area contributed by atoms with E-state index < -0.39 is 11.9 Å². The van der Waals surface area contributed by atoms with Crippen molar-refractivity contribution in [1.82, 2.24) is 10.2 Å². The summed E-state index contributed by atoms with van der Waals surface area (Å²) in [4.78, 5) is 24.6. The van der Waals surface area contributed by atoms with E-state index in [4.69, 9.17) is 5.11 Å². The van der Waals surface area contributed by atoms with Crippen LogP contribution < -0.4 is 5.32 Å². The number of carboxylic acid groups (broad SMARTS) is 1. The Labute approximate surface area is 110 Å². The van der Waals surface area contributed by atoms with E-state index in [1.165, 1.54) is 0 Å². The van der Waals surface area contributed by atoms with Crippen molar-refractivity contribution in [3.63, 3.8) is 0 Å². The summed E-state index contributed by atoms with van der Waals surface area (Å²) in [6, 6.07) is -0.169. The van der Waals surface area contributed by atoms with Gasteiger partial charge in [0, 0.05) is 19.6 Å². The third-order valence-corrected chi connectivity index (χ3v) is 3.05. The Morgan fingerprint density at radius 3 is 2.28 bits per heavy atom. The minimum Gasteiger partial charge on any atom is -0.481 e. The fourth-order valence-electron chi connectivity index (χ4n) is 1.67. The molecule has 1 unspecified atom stereocenters. The molecule has 5 heteroatoms. The standard InChI is InChI=1S/C13H26N2O3/c1-5-7-8-15(6-2)13(18)14-9-11(10(3)4)12(16)17/h10-11H,5-9H2,1-4H3,(H,14,18)(H,16,17). The molecule has 1 atom stereocenters. The Morgan fingerprint density at radius 1 is 1.28 bits per heavy atom. The van der Waals surface area contributed by atoms with Crippen molar-refractivity contribution >= 4 is 12.0 Å². The molecule has 5 nitrogen and oxygen atoms in total. The quantitative estimate of drug-likeness (QED) is 0.701. The van der Waals surface area contributed by atoms with Gasteiger partial charge in [-0.05, 0) is 19.3 Å². The van der Waals surface area contributed by atoms with Gasteiger partial charge in [0.15, 0.2) is 0 Å². The van der Waals surface area contributed by atoms with Crippen LogP contribution in [0.4, 0.5) is 4.79 Å². The van der Waals surface area contributed by atoms with Crippen LogP contribution in [0, 0.1) is 11.8 Å². The van der Waals surface area contributed by atoms with Crippen LogP contribution in [0.3, 0.4) is 0 Å². The van der Waals surface area contributed by atoms with Crippen molar-refractivity contribution in [3.8, 4) is 0 Å². The average molecular weight is 258 g/mol. The normalized spacial score (nSPS) is 12.3. The van der Waals surface area contributed by atoms with Crippen LogP contribution in [0.5, 0.6) is 0 Å². The lowest BCUT2D eigenvalue weighted by molar-refractivity contribution is -0.142. The number of hydrogen-bond donors (Lipinski definition) is 2. The van der Waals surface area contributed by atoms with Gasteiger partial charge in [0.25, 0.3) is 0 Å². The van der Waals surface area contributed by atoms with Crippen molar-refractivity contribution in [2.24, 2.45) is 11.8 Å². The van der Waals surface area contributed by atoms with E-state index in [1.807, 2.05) is 20.8 Å². The fraction of sp³-hybridized carbons (Fsp3) is 0.846. The number of nitrogens with one attached hydrogen (secondary N) is 1. The molecular weight excluding hydrogens is 232 g/mol. The van der Waals surface area contributed by atoms with Crippen molar-refractivity contribution < 1.29 is 14.7 Å². The zero-order chi connectivity index (χ0) is 14.1. The van der Waals surface area contributed by atoms with Gasteiger partial charge in [-0.1, -0.05) is 27.2 Å². The first-order valence-electron chi connectivity index (χ1n) is 6.69. The van der Waals surface area contributed by atoms with Gasteiger partial charge in [0.05, 0.1) is 5.92 Å². The van der Waals surface area contributed by atoms with Crippen LogP contribution in [-0.2, 0) is 4.79 Å². The molecule has 0 spiro atoms. The number of rotatable bonds is 8. The Balaban J connectivity index is 4.24. The molecule has 0 aliphatic carbocycles. The third-order valence-electron chi connectivity index (χ3n) is 3.05. The first-order valence-corrected chi connectivity index (χ1v) is 6.69. The summed E-state index contributed by atoms with van der Waals surface area (Å²) in [6.45, 7) is 9.24. The van der Waals surface area contributed by atoms with E-state index in [2.05, 4.69) is 12.2 Å². The average Bonchev–Trinajstić information content (AvgIpc) is 2.29. The number of hydrogen-bond acceptors (Lipinski definition) is 2. The highest BCUT2D eigenvalue weighted by Gasteiger charge is 2.22. The summed E-state index contributed by atoms with van der Waals surface area (Å²) in [5, 5.41) is 11.7. The minimum absolute atomic E-state index is 0.00789. The lowest BCUT2D eigenvalue weighted by Gasteiger charge is -2.23. The van der Waals surface area contributed by atoms with Crippen LogP contribution >= 0.6 is 0 Å². The number of carbonyl (C=O) groups excluding carboxylic acids is 1. The molecule has 0 bridgehead atoms. The molecule has 0 aliphatic heterocycles. The van der Waals surface area contributed by atoms with Gasteiger partial charge in [0.1, 0.15) is 0 Å². The maximum absolute atomic E-state index is 11.9. The van der Waals surface area contributed by atoms with Crippen LogP contribution in [0.1, 0.15) is 40.5 Å². The topological polar surface area (TPSA) is 69.6 Å². The Bertz CT molecular complexity index is 267. The fourth-order valence-corrected chi connectivity index (χ4v) is 1.67. The highest BCUT2D eigenvalue weighted by atomic mass is 16.4. The van der Waals surface area contributed by atoms with E-state index in [9.17, 15) is 9.59 Å². The summed E-state index contributed by atoms with van der Waals surface area (Å²) in [5.74, 6) is -1.38. The zero-order valence-electron chi connectivity index (χ0n) is 11.9. The summed E-state index contributed by atoms with van der Waals surface area (Å²) in [7, 11) is 0. The van der Waals surface area contributed by atoms with Gasteiger partial charge in [-0.2, -0.15) is 0 Å². The number of amides is 2. The molecule has 0 aromatic rings. The molecule has 0 saturated heterocycles. The predicted molar refractivity (Wildman–Crippen MR) is 71.5 cm³/mol. The second-order valence-electron chi connectivity index (χ2n) is 4.81. The second kappa shape index (κ2) is 8.78. The minimum atomic E-state index is -0.859. The molecule has 0 aromatic heterocycles. The molecule has 0 heterocycles. The number of nitrogens with zero attached hydrogens (tertiary/aromatic N) is 1. The zero-order valence-corrected chi connectivity index (χ0v) is 11.9. The summed E-state index contributed by atoms with van der Waals surface area (Å²) in [6.07, 6.45) is 2.00. The van der Waals surface area contributed by atoms with Crippen molar-refractivity contribution in [2.45, 2.75) is 40.5 Å². The third kappa shape index (κ3) is 5.89. The molecule has 2 N–H and O–H groups in total. The number of carboxylic acids is 1. The maximum atomic E-state index is 11.9. The largest absolute Gasteiger partial charge is 0.481 e. The van der Waals surface area contributed by atoms with E-state index in [1.54, 1.807) is 4.90 Å².